The van der Waals surface area contributed by atoms with E-state index < -0.39 is 0 Å². The summed E-state index contributed by atoms with van der Waals surface area (Å²) in [7, 11) is 0. The van der Waals surface area contributed by atoms with Crippen molar-refractivity contribution in [1.29, 1.82) is 0 Å². The molecule has 2 rings (SSSR count). The fourth-order valence-electron chi connectivity index (χ4n) is 1.94. The summed E-state index contributed by atoms with van der Waals surface area (Å²) < 4.78 is 0.855. The van der Waals surface area contributed by atoms with Crippen LogP contribution in [0.4, 0.5) is 5.69 Å². The molecule has 94 valence electrons. The van der Waals surface area contributed by atoms with Gasteiger partial charge in [0, 0.05) is 0 Å². The first-order valence-electron chi connectivity index (χ1n) is 6.10. The standard InChI is InChI=1S/C15H17BrN2/c1-11(2)15(12-6-4-3-5-7-12)18-13-8-9-14(16)17-10-13/h3-11,15,18H,1-2H3. The summed E-state index contributed by atoms with van der Waals surface area (Å²) in [4.78, 5) is 4.24. The van der Waals surface area contributed by atoms with Gasteiger partial charge in [-0.25, -0.2) is 4.98 Å². The highest BCUT2D eigenvalue weighted by molar-refractivity contribution is 9.10. The molecule has 1 heterocycles. The summed E-state index contributed by atoms with van der Waals surface area (Å²) in [6.45, 7) is 4.44. The molecule has 0 saturated carbocycles. The van der Waals surface area contributed by atoms with Crippen LogP contribution in [0.3, 0.4) is 0 Å². The minimum Gasteiger partial charge on any atom is -0.377 e. The SMILES string of the molecule is CC(C)C(Nc1ccc(Br)nc1)c1ccccc1. The lowest BCUT2D eigenvalue weighted by Gasteiger charge is -2.24. The largest absolute Gasteiger partial charge is 0.377 e. The van der Waals surface area contributed by atoms with E-state index in [1.807, 2.05) is 24.4 Å². The highest BCUT2D eigenvalue weighted by Gasteiger charge is 2.15. The summed E-state index contributed by atoms with van der Waals surface area (Å²) in [5.41, 5.74) is 2.34. The van der Waals surface area contributed by atoms with E-state index in [4.69, 9.17) is 0 Å². The minimum atomic E-state index is 0.300. The van der Waals surface area contributed by atoms with Crippen LogP contribution in [0.5, 0.6) is 0 Å². The van der Waals surface area contributed by atoms with Crippen LogP contribution in [-0.4, -0.2) is 4.98 Å². The maximum absolute atomic E-state index is 4.24. The van der Waals surface area contributed by atoms with Crippen molar-refractivity contribution < 1.29 is 0 Å². The molecule has 0 aliphatic heterocycles. The van der Waals surface area contributed by atoms with Crippen LogP contribution >= 0.6 is 15.9 Å². The molecule has 0 spiro atoms. The van der Waals surface area contributed by atoms with Gasteiger partial charge >= 0.3 is 0 Å². The van der Waals surface area contributed by atoms with Gasteiger partial charge < -0.3 is 5.32 Å². The lowest BCUT2D eigenvalue weighted by Crippen LogP contribution is -2.16. The van der Waals surface area contributed by atoms with Gasteiger partial charge in [-0.3, -0.25) is 0 Å². The predicted octanol–water partition coefficient (Wildman–Crippen LogP) is 4.65. The molecule has 3 heteroatoms. The van der Waals surface area contributed by atoms with Crippen LogP contribution in [-0.2, 0) is 0 Å². The first-order chi connectivity index (χ1) is 8.66. The molecule has 0 saturated heterocycles. The third-order valence-corrected chi connectivity index (χ3v) is 3.34. The number of aromatic nitrogens is 1. The number of rotatable bonds is 4. The number of pyridine rings is 1. The van der Waals surface area contributed by atoms with Gasteiger partial charge in [0.1, 0.15) is 4.60 Å². The Bertz CT molecular complexity index is 480. The van der Waals surface area contributed by atoms with Crippen molar-refractivity contribution in [2.75, 3.05) is 5.32 Å². The zero-order chi connectivity index (χ0) is 13.0. The second kappa shape index (κ2) is 6.01. The Balaban J connectivity index is 2.19. The molecular formula is C15H17BrN2. The van der Waals surface area contributed by atoms with E-state index in [1.54, 1.807) is 0 Å². The Morgan fingerprint density at radius 1 is 1.06 bits per heavy atom. The number of halogens is 1. The molecule has 2 aromatic rings. The van der Waals surface area contributed by atoms with Crippen LogP contribution < -0.4 is 5.32 Å². The molecule has 1 atom stereocenters. The smallest absolute Gasteiger partial charge is 0.106 e. The first-order valence-corrected chi connectivity index (χ1v) is 6.89. The third kappa shape index (κ3) is 3.33. The highest BCUT2D eigenvalue weighted by Crippen LogP contribution is 2.26. The lowest BCUT2D eigenvalue weighted by molar-refractivity contribution is 0.546. The predicted molar refractivity (Wildman–Crippen MR) is 79.6 cm³/mol. The monoisotopic (exact) mass is 304 g/mol. The van der Waals surface area contributed by atoms with E-state index in [9.17, 15) is 0 Å². The van der Waals surface area contributed by atoms with Gasteiger partial charge in [0.25, 0.3) is 0 Å². The van der Waals surface area contributed by atoms with Crippen LogP contribution in [0.15, 0.2) is 53.3 Å². The second-order valence-corrected chi connectivity index (χ2v) is 5.46. The van der Waals surface area contributed by atoms with Crippen molar-refractivity contribution in [3.63, 3.8) is 0 Å². The lowest BCUT2D eigenvalue weighted by atomic mass is 9.96. The molecular weight excluding hydrogens is 288 g/mol. The van der Waals surface area contributed by atoms with Gasteiger partial charge in [0.2, 0.25) is 0 Å². The molecule has 0 radical (unpaired) electrons. The maximum atomic E-state index is 4.24. The second-order valence-electron chi connectivity index (χ2n) is 4.65. The van der Waals surface area contributed by atoms with Gasteiger partial charge in [0.05, 0.1) is 17.9 Å². The van der Waals surface area contributed by atoms with Crippen molar-refractivity contribution in [3.05, 3.63) is 58.8 Å². The Hall–Kier alpha value is -1.35. The van der Waals surface area contributed by atoms with E-state index in [1.165, 1.54) is 5.56 Å². The summed E-state index contributed by atoms with van der Waals surface area (Å²) in [5, 5.41) is 3.54. The first kappa shape index (κ1) is 13.1. The molecule has 0 aliphatic rings. The zero-order valence-electron chi connectivity index (χ0n) is 10.6. The van der Waals surface area contributed by atoms with Crippen molar-refractivity contribution >= 4 is 21.6 Å². The van der Waals surface area contributed by atoms with E-state index in [2.05, 4.69) is 64.3 Å². The molecule has 0 aliphatic carbocycles. The molecule has 2 nitrogen and oxygen atoms in total. The fourth-order valence-corrected chi connectivity index (χ4v) is 2.17. The number of hydrogen-bond acceptors (Lipinski definition) is 2. The van der Waals surface area contributed by atoms with Gasteiger partial charge in [0.15, 0.2) is 0 Å². The molecule has 1 aromatic carbocycles. The Morgan fingerprint density at radius 2 is 1.78 bits per heavy atom. The molecule has 1 unspecified atom stereocenters. The number of anilines is 1. The number of nitrogens with one attached hydrogen (secondary N) is 1. The molecule has 1 aromatic heterocycles. The van der Waals surface area contributed by atoms with Crippen molar-refractivity contribution in [2.45, 2.75) is 19.9 Å². The summed E-state index contributed by atoms with van der Waals surface area (Å²) in [5.74, 6) is 0.510. The number of benzene rings is 1. The normalized spacial score (nSPS) is 12.4. The topological polar surface area (TPSA) is 24.9 Å². The quantitative estimate of drug-likeness (QED) is 0.831. The summed E-state index contributed by atoms with van der Waals surface area (Å²) >= 11 is 3.35. The van der Waals surface area contributed by atoms with E-state index in [0.717, 1.165) is 10.3 Å². The van der Waals surface area contributed by atoms with Crippen LogP contribution in [0.2, 0.25) is 0 Å². The van der Waals surface area contributed by atoms with Gasteiger partial charge in [-0.2, -0.15) is 0 Å². The molecule has 18 heavy (non-hydrogen) atoms. The highest BCUT2D eigenvalue weighted by atomic mass is 79.9. The van der Waals surface area contributed by atoms with Gasteiger partial charge in [-0.1, -0.05) is 44.2 Å². The Morgan fingerprint density at radius 3 is 2.33 bits per heavy atom. The van der Waals surface area contributed by atoms with Gasteiger partial charge in [-0.15, -0.1) is 0 Å². The average Bonchev–Trinajstić information content (AvgIpc) is 2.38. The Labute approximate surface area is 117 Å². The van der Waals surface area contributed by atoms with Crippen LogP contribution in [0, 0.1) is 5.92 Å². The van der Waals surface area contributed by atoms with E-state index in [0.29, 0.717) is 12.0 Å². The summed E-state index contributed by atoms with van der Waals surface area (Å²) in [6, 6.07) is 14.8. The molecule has 0 amide bonds. The fraction of sp³-hybridized carbons (Fsp3) is 0.267. The summed E-state index contributed by atoms with van der Waals surface area (Å²) in [6.07, 6.45) is 1.85. The van der Waals surface area contributed by atoms with Crippen molar-refractivity contribution in [3.8, 4) is 0 Å². The van der Waals surface area contributed by atoms with Crippen LogP contribution in [0.1, 0.15) is 25.5 Å². The van der Waals surface area contributed by atoms with E-state index >= 15 is 0 Å². The molecule has 0 fully saturated rings. The number of nitrogens with zero attached hydrogens (tertiary/aromatic N) is 1. The van der Waals surface area contributed by atoms with Crippen molar-refractivity contribution in [1.82, 2.24) is 4.98 Å². The van der Waals surface area contributed by atoms with Crippen LogP contribution in [0.25, 0.3) is 0 Å². The Kier molecular flexibility index (Phi) is 4.37. The third-order valence-electron chi connectivity index (χ3n) is 2.87. The van der Waals surface area contributed by atoms with Gasteiger partial charge in [-0.05, 0) is 39.5 Å². The zero-order valence-corrected chi connectivity index (χ0v) is 12.2. The average molecular weight is 305 g/mol. The minimum absolute atomic E-state index is 0.300. The number of hydrogen-bond donors (Lipinski definition) is 1. The van der Waals surface area contributed by atoms with Crippen molar-refractivity contribution in [2.24, 2.45) is 5.92 Å². The van der Waals surface area contributed by atoms with E-state index in [-0.39, 0.29) is 0 Å². The molecule has 0 bridgehead atoms. The molecule has 1 N–H and O–H groups in total. The maximum Gasteiger partial charge on any atom is 0.106 e.